The molecular weight excluding hydrogens is 304 g/mol. The highest BCUT2D eigenvalue weighted by atomic mass is 16.4. The van der Waals surface area contributed by atoms with Crippen LogP contribution in [-0.2, 0) is 11.2 Å². The lowest BCUT2D eigenvalue weighted by molar-refractivity contribution is -0.127. The van der Waals surface area contributed by atoms with Gasteiger partial charge in [0.1, 0.15) is 0 Å². The van der Waals surface area contributed by atoms with Gasteiger partial charge in [-0.05, 0) is 42.5 Å². The Kier molecular flexibility index (Phi) is 4.60. The Hall–Kier alpha value is -2.69. The van der Waals surface area contributed by atoms with Crippen molar-refractivity contribution in [3.63, 3.8) is 0 Å². The molecular formula is C19H20N2O3. The first-order valence-electron chi connectivity index (χ1n) is 8.07. The van der Waals surface area contributed by atoms with Crippen molar-refractivity contribution in [3.05, 3.63) is 53.7 Å². The second-order valence-corrected chi connectivity index (χ2v) is 6.22. The highest BCUT2D eigenvalue weighted by Gasteiger charge is 2.24. The van der Waals surface area contributed by atoms with Crippen molar-refractivity contribution in [2.24, 2.45) is 5.92 Å². The molecule has 5 heteroatoms. The number of pyridine rings is 1. The summed E-state index contributed by atoms with van der Waals surface area (Å²) in [4.78, 5) is 29.1. The number of aromatic nitrogens is 1. The molecule has 1 amide bonds. The smallest absolute Gasteiger partial charge is 0.336 e. The van der Waals surface area contributed by atoms with Crippen LogP contribution in [0.1, 0.15) is 29.3 Å². The first kappa shape index (κ1) is 16.2. The van der Waals surface area contributed by atoms with Gasteiger partial charge in [0.2, 0.25) is 5.91 Å². The van der Waals surface area contributed by atoms with Crippen molar-refractivity contribution >= 4 is 11.9 Å². The fraction of sp³-hybridized carbons (Fsp3) is 0.316. The number of rotatable bonds is 4. The maximum Gasteiger partial charge on any atom is 0.336 e. The van der Waals surface area contributed by atoms with E-state index in [4.69, 9.17) is 0 Å². The molecule has 1 atom stereocenters. The SMILES string of the molecule is CC(=O)N1CC[C@H](Cc2ccnc(-c3ccccc3C(=O)O)c2)C1. The first-order chi connectivity index (χ1) is 11.5. The van der Waals surface area contributed by atoms with Crippen molar-refractivity contribution < 1.29 is 14.7 Å². The molecule has 0 saturated carbocycles. The number of likely N-dealkylation sites (tertiary alicyclic amines) is 1. The Bertz CT molecular complexity index is 773. The predicted molar refractivity (Wildman–Crippen MR) is 90.7 cm³/mol. The summed E-state index contributed by atoms with van der Waals surface area (Å²) in [5, 5.41) is 9.34. The Labute approximate surface area is 140 Å². The Morgan fingerprint density at radius 1 is 1.29 bits per heavy atom. The summed E-state index contributed by atoms with van der Waals surface area (Å²) < 4.78 is 0. The van der Waals surface area contributed by atoms with Crippen LogP contribution < -0.4 is 0 Å². The van der Waals surface area contributed by atoms with E-state index < -0.39 is 5.97 Å². The van der Waals surface area contributed by atoms with Gasteiger partial charge >= 0.3 is 5.97 Å². The Balaban J connectivity index is 1.81. The summed E-state index contributed by atoms with van der Waals surface area (Å²) >= 11 is 0. The van der Waals surface area contributed by atoms with Crippen LogP contribution in [0.25, 0.3) is 11.3 Å². The number of carboxylic acids is 1. The van der Waals surface area contributed by atoms with Gasteiger partial charge in [0.15, 0.2) is 0 Å². The summed E-state index contributed by atoms with van der Waals surface area (Å²) in [5.74, 6) is -0.382. The molecule has 3 rings (SSSR count). The third-order valence-corrected chi connectivity index (χ3v) is 4.51. The van der Waals surface area contributed by atoms with Gasteiger partial charge in [0.05, 0.1) is 11.3 Å². The van der Waals surface area contributed by atoms with E-state index in [2.05, 4.69) is 4.98 Å². The molecule has 1 fully saturated rings. The van der Waals surface area contributed by atoms with Gasteiger partial charge in [0, 0.05) is 31.8 Å². The minimum atomic E-state index is -0.953. The number of hydrogen-bond acceptors (Lipinski definition) is 3. The van der Waals surface area contributed by atoms with Crippen molar-refractivity contribution in [2.45, 2.75) is 19.8 Å². The molecule has 1 N–H and O–H groups in total. The fourth-order valence-corrected chi connectivity index (χ4v) is 3.26. The molecule has 0 unspecified atom stereocenters. The lowest BCUT2D eigenvalue weighted by Gasteiger charge is -2.14. The first-order valence-corrected chi connectivity index (χ1v) is 8.07. The molecule has 2 aromatic rings. The molecule has 1 aliphatic rings. The van der Waals surface area contributed by atoms with Crippen LogP contribution in [0.5, 0.6) is 0 Å². The van der Waals surface area contributed by atoms with E-state index in [1.54, 1.807) is 31.3 Å². The zero-order valence-electron chi connectivity index (χ0n) is 13.6. The quantitative estimate of drug-likeness (QED) is 0.939. The van der Waals surface area contributed by atoms with Crippen LogP contribution in [0.3, 0.4) is 0 Å². The number of carbonyl (C=O) groups is 2. The average Bonchev–Trinajstić information content (AvgIpc) is 3.04. The zero-order chi connectivity index (χ0) is 17.1. The third kappa shape index (κ3) is 3.45. The molecule has 124 valence electrons. The largest absolute Gasteiger partial charge is 0.478 e. The lowest BCUT2D eigenvalue weighted by atomic mass is 9.97. The second kappa shape index (κ2) is 6.83. The van der Waals surface area contributed by atoms with E-state index >= 15 is 0 Å². The van der Waals surface area contributed by atoms with Crippen LogP contribution in [0.15, 0.2) is 42.6 Å². The summed E-state index contributed by atoms with van der Waals surface area (Å²) in [6, 6.07) is 10.8. The lowest BCUT2D eigenvalue weighted by Crippen LogP contribution is -2.26. The number of hydrogen-bond donors (Lipinski definition) is 1. The second-order valence-electron chi connectivity index (χ2n) is 6.22. The minimum absolute atomic E-state index is 0.128. The summed E-state index contributed by atoms with van der Waals surface area (Å²) in [6.45, 7) is 3.22. The van der Waals surface area contributed by atoms with Gasteiger partial charge < -0.3 is 10.0 Å². The van der Waals surface area contributed by atoms with E-state index in [1.807, 2.05) is 23.1 Å². The van der Waals surface area contributed by atoms with E-state index in [-0.39, 0.29) is 11.5 Å². The number of carboxylic acid groups (broad SMARTS) is 1. The molecule has 0 aliphatic carbocycles. The monoisotopic (exact) mass is 324 g/mol. The van der Waals surface area contributed by atoms with E-state index in [9.17, 15) is 14.7 Å². The van der Waals surface area contributed by atoms with Crippen LogP contribution in [0.4, 0.5) is 0 Å². The normalized spacial score (nSPS) is 17.0. The van der Waals surface area contributed by atoms with Gasteiger partial charge in [-0.25, -0.2) is 4.79 Å². The predicted octanol–water partition coefficient (Wildman–Crippen LogP) is 2.86. The van der Waals surface area contributed by atoms with Crippen LogP contribution in [0, 0.1) is 5.92 Å². The van der Waals surface area contributed by atoms with Gasteiger partial charge in [-0.2, -0.15) is 0 Å². The average molecular weight is 324 g/mol. The maximum absolute atomic E-state index is 11.4. The number of amides is 1. The fourth-order valence-electron chi connectivity index (χ4n) is 3.26. The summed E-state index contributed by atoms with van der Waals surface area (Å²) in [6.07, 6.45) is 3.60. The van der Waals surface area contributed by atoms with Crippen molar-refractivity contribution in [1.29, 1.82) is 0 Å². The summed E-state index contributed by atoms with van der Waals surface area (Å²) in [5.41, 5.74) is 2.68. The molecule has 0 radical (unpaired) electrons. The summed E-state index contributed by atoms with van der Waals surface area (Å²) in [7, 11) is 0. The van der Waals surface area contributed by atoms with Crippen molar-refractivity contribution in [1.82, 2.24) is 9.88 Å². The Morgan fingerprint density at radius 3 is 2.79 bits per heavy atom. The molecule has 1 saturated heterocycles. The molecule has 0 bridgehead atoms. The number of nitrogens with zero attached hydrogens (tertiary/aromatic N) is 2. The van der Waals surface area contributed by atoms with Gasteiger partial charge in [0.25, 0.3) is 0 Å². The van der Waals surface area contributed by atoms with Crippen LogP contribution >= 0.6 is 0 Å². The maximum atomic E-state index is 11.4. The molecule has 24 heavy (non-hydrogen) atoms. The highest BCUT2D eigenvalue weighted by molar-refractivity contribution is 5.95. The number of aromatic carboxylic acids is 1. The zero-order valence-corrected chi connectivity index (χ0v) is 13.6. The van der Waals surface area contributed by atoms with E-state index in [0.717, 1.165) is 31.5 Å². The molecule has 1 aliphatic heterocycles. The van der Waals surface area contributed by atoms with Crippen molar-refractivity contribution in [3.8, 4) is 11.3 Å². The topological polar surface area (TPSA) is 70.5 Å². The van der Waals surface area contributed by atoms with Crippen LogP contribution in [-0.4, -0.2) is 40.0 Å². The Morgan fingerprint density at radius 2 is 2.08 bits per heavy atom. The highest BCUT2D eigenvalue weighted by Crippen LogP contribution is 2.25. The standard InChI is InChI=1S/C19H20N2O3/c1-13(22)21-9-7-15(12-21)10-14-6-8-20-18(11-14)16-4-2-3-5-17(16)19(23)24/h2-6,8,11,15H,7,9-10,12H2,1H3,(H,23,24)/t15-/m1/s1. The van der Waals surface area contributed by atoms with E-state index in [1.165, 1.54) is 0 Å². The minimum Gasteiger partial charge on any atom is -0.478 e. The van der Waals surface area contributed by atoms with Gasteiger partial charge in [-0.3, -0.25) is 9.78 Å². The molecule has 1 aromatic carbocycles. The molecule has 2 heterocycles. The number of benzene rings is 1. The van der Waals surface area contributed by atoms with Gasteiger partial charge in [-0.15, -0.1) is 0 Å². The van der Waals surface area contributed by atoms with Crippen LogP contribution in [0.2, 0.25) is 0 Å². The van der Waals surface area contributed by atoms with Crippen molar-refractivity contribution in [2.75, 3.05) is 13.1 Å². The number of carbonyl (C=O) groups excluding carboxylic acids is 1. The molecule has 0 spiro atoms. The van der Waals surface area contributed by atoms with E-state index in [0.29, 0.717) is 17.2 Å². The van der Waals surface area contributed by atoms with Gasteiger partial charge in [-0.1, -0.05) is 18.2 Å². The molecule has 5 nitrogen and oxygen atoms in total. The molecule has 1 aromatic heterocycles. The third-order valence-electron chi connectivity index (χ3n) is 4.51.